The molecule has 2 aromatic carbocycles. The third-order valence-electron chi connectivity index (χ3n) is 5.38. The summed E-state index contributed by atoms with van der Waals surface area (Å²) in [5.74, 6) is 1.49. The van der Waals surface area contributed by atoms with Gasteiger partial charge in [0.25, 0.3) is 15.9 Å². The van der Waals surface area contributed by atoms with Gasteiger partial charge in [-0.05, 0) is 54.6 Å². The van der Waals surface area contributed by atoms with Crippen molar-refractivity contribution in [3.8, 4) is 33.7 Å². The summed E-state index contributed by atoms with van der Waals surface area (Å²) in [6.45, 7) is 4.03. The zero-order valence-corrected chi connectivity index (χ0v) is 20.5. The number of hydrogen-bond donors (Lipinski definition) is 0. The van der Waals surface area contributed by atoms with Crippen LogP contribution >= 0.6 is 11.3 Å². The third kappa shape index (κ3) is 4.19. The van der Waals surface area contributed by atoms with Crippen LogP contribution in [0.2, 0.25) is 0 Å². The summed E-state index contributed by atoms with van der Waals surface area (Å²) < 4.78 is 44.1. The van der Waals surface area contributed by atoms with Crippen molar-refractivity contribution < 1.29 is 22.4 Å². The van der Waals surface area contributed by atoms with Gasteiger partial charge in [-0.15, -0.1) is 11.3 Å². The number of benzene rings is 2. The van der Waals surface area contributed by atoms with Gasteiger partial charge in [0.2, 0.25) is 5.82 Å². The zero-order valence-electron chi connectivity index (χ0n) is 18.8. The van der Waals surface area contributed by atoms with Gasteiger partial charge in [0, 0.05) is 18.7 Å². The van der Waals surface area contributed by atoms with E-state index < -0.39 is 10.0 Å². The van der Waals surface area contributed by atoms with Gasteiger partial charge >= 0.3 is 0 Å². The number of nitrogens with zero attached hydrogens (tertiary/aromatic N) is 3. The number of aromatic nitrogens is 2. The van der Waals surface area contributed by atoms with Crippen molar-refractivity contribution in [2.24, 2.45) is 0 Å². The molecule has 0 fully saturated rings. The van der Waals surface area contributed by atoms with Crippen molar-refractivity contribution in [1.82, 2.24) is 10.1 Å². The molecule has 0 amide bonds. The molecule has 0 saturated heterocycles. The quantitative estimate of drug-likeness (QED) is 0.366. The van der Waals surface area contributed by atoms with Crippen LogP contribution < -0.4 is 13.8 Å². The first-order chi connectivity index (χ1) is 15.8. The first kappa shape index (κ1) is 22.8. The van der Waals surface area contributed by atoms with E-state index in [2.05, 4.69) is 10.1 Å². The summed E-state index contributed by atoms with van der Waals surface area (Å²) in [4.78, 5) is 4.93. The fourth-order valence-corrected chi connectivity index (χ4v) is 5.78. The molecule has 0 spiro atoms. The topological polar surface area (TPSA) is 94.8 Å². The molecule has 172 valence electrons. The van der Waals surface area contributed by atoms with E-state index in [0.717, 1.165) is 16.7 Å². The van der Waals surface area contributed by atoms with Crippen LogP contribution in [0.15, 0.2) is 57.3 Å². The van der Waals surface area contributed by atoms with E-state index >= 15 is 0 Å². The number of thiophene rings is 1. The lowest BCUT2D eigenvalue weighted by molar-refractivity contribution is 0.355. The summed E-state index contributed by atoms with van der Waals surface area (Å²) in [7, 11) is 0.574. The molecule has 33 heavy (non-hydrogen) atoms. The summed E-state index contributed by atoms with van der Waals surface area (Å²) in [6.07, 6.45) is 0. The summed E-state index contributed by atoms with van der Waals surface area (Å²) >= 11 is 1.22. The molecule has 0 unspecified atom stereocenters. The Morgan fingerprint density at radius 3 is 2.42 bits per heavy atom. The lowest BCUT2D eigenvalue weighted by Gasteiger charge is -2.20. The summed E-state index contributed by atoms with van der Waals surface area (Å²) in [6, 6.07) is 12.3. The fraction of sp³-hybridized carbons (Fsp3) is 0.217. The Morgan fingerprint density at radius 1 is 0.970 bits per heavy atom. The smallest absolute Gasteiger partial charge is 0.269 e. The van der Waals surface area contributed by atoms with Crippen LogP contribution in [0.5, 0.6) is 11.5 Å². The predicted molar refractivity (Wildman–Crippen MR) is 128 cm³/mol. The molecule has 4 aromatic rings. The third-order valence-corrected chi connectivity index (χ3v) is 8.24. The molecule has 4 rings (SSSR count). The lowest BCUT2D eigenvalue weighted by Crippen LogP contribution is -2.26. The number of hydrogen-bond acceptors (Lipinski definition) is 8. The Balaban J connectivity index is 1.70. The molecule has 2 aromatic heterocycles. The molecular formula is C23H23N3O5S2. The van der Waals surface area contributed by atoms with E-state index in [1.54, 1.807) is 23.6 Å². The molecule has 10 heteroatoms. The summed E-state index contributed by atoms with van der Waals surface area (Å²) in [5, 5.41) is 5.75. The molecule has 0 aliphatic carbocycles. The van der Waals surface area contributed by atoms with Gasteiger partial charge in [0.1, 0.15) is 9.77 Å². The fourth-order valence-electron chi connectivity index (χ4n) is 3.28. The molecule has 0 atom stereocenters. The highest BCUT2D eigenvalue weighted by molar-refractivity contribution is 7.93. The number of sulfonamides is 1. The first-order valence-corrected chi connectivity index (χ1v) is 12.3. The van der Waals surface area contributed by atoms with Gasteiger partial charge in [0.15, 0.2) is 11.5 Å². The maximum absolute atomic E-state index is 13.5. The molecule has 0 aliphatic rings. The minimum Gasteiger partial charge on any atom is -0.493 e. The largest absolute Gasteiger partial charge is 0.493 e. The van der Waals surface area contributed by atoms with E-state index in [1.807, 2.05) is 32.0 Å². The second-order valence-electron chi connectivity index (χ2n) is 7.35. The number of ether oxygens (including phenoxy) is 2. The highest BCUT2D eigenvalue weighted by atomic mass is 32.2. The van der Waals surface area contributed by atoms with Crippen molar-refractivity contribution in [2.75, 3.05) is 25.6 Å². The van der Waals surface area contributed by atoms with Crippen molar-refractivity contribution in [3.05, 3.63) is 59.0 Å². The van der Waals surface area contributed by atoms with Gasteiger partial charge < -0.3 is 14.0 Å². The van der Waals surface area contributed by atoms with Crippen LogP contribution in [0.4, 0.5) is 5.69 Å². The predicted octanol–water partition coefficient (Wildman–Crippen LogP) is 4.92. The molecule has 8 nitrogen and oxygen atoms in total. The molecule has 0 saturated carbocycles. The number of aryl methyl sites for hydroxylation is 2. The Morgan fingerprint density at radius 2 is 1.73 bits per heavy atom. The van der Waals surface area contributed by atoms with E-state index in [0.29, 0.717) is 27.9 Å². The molecular weight excluding hydrogens is 462 g/mol. The van der Waals surface area contributed by atoms with Crippen LogP contribution in [0.25, 0.3) is 22.2 Å². The highest BCUT2D eigenvalue weighted by Gasteiger charge is 2.29. The Hall–Kier alpha value is -3.37. The number of rotatable bonds is 7. The lowest BCUT2D eigenvalue weighted by atomic mass is 10.1. The minimum absolute atomic E-state index is 0.0834. The van der Waals surface area contributed by atoms with E-state index in [-0.39, 0.29) is 10.8 Å². The van der Waals surface area contributed by atoms with Gasteiger partial charge in [0.05, 0.1) is 19.9 Å². The summed E-state index contributed by atoms with van der Waals surface area (Å²) in [5.41, 5.74) is 3.49. The van der Waals surface area contributed by atoms with Gasteiger partial charge in [-0.25, -0.2) is 8.42 Å². The highest BCUT2D eigenvalue weighted by Crippen LogP contribution is 2.37. The zero-order chi connectivity index (χ0) is 23.8. The van der Waals surface area contributed by atoms with Crippen LogP contribution in [-0.4, -0.2) is 39.8 Å². The first-order valence-electron chi connectivity index (χ1n) is 9.96. The van der Waals surface area contributed by atoms with Crippen LogP contribution in [0.1, 0.15) is 11.1 Å². The van der Waals surface area contributed by atoms with Gasteiger partial charge in [-0.3, -0.25) is 4.31 Å². The molecule has 0 N–H and O–H groups in total. The molecule has 2 heterocycles. The van der Waals surface area contributed by atoms with Gasteiger partial charge in [-0.2, -0.15) is 4.98 Å². The van der Waals surface area contributed by atoms with Crippen molar-refractivity contribution in [1.29, 1.82) is 0 Å². The Labute approximate surface area is 196 Å². The number of anilines is 1. The van der Waals surface area contributed by atoms with E-state index in [1.165, 1.54) is 43.0 Å². The number of methoxy groups -OCH3 is 2. The Kier molecular flexibility index (Phi) is 6.13. The van der Waals surface area contributed by atoms with Crippen LogP contribution in [-0.2, 0) is 10.0 Å². The normalized spacial score (nSPS) is 11.4. The standard InChI is InChI=1S/C23H23N3O5S2/c1-14-6-7-16(12-15(14)2)22-24-23(31-25-22)21-20(10-11-32-21)33(27,28)26(3)17-8-9-18(29-4)19(13-17)30-5/h6-13H,1-5H3. The molecule has 0 aliphatic heterocycles. The van der Waals surface area contributed by atoms with E-state index in [9.17, 15) is 8.42 Å². The van der Waals surface area contributed by atoms with Crippen molar-refractivity contribution in [3.63, 3.8) is 0 Å². The monoisotopic (exact) mass is 485 g/mol. The van der Waals surface area contributed by atoms with Crippen molar-refractivity contribution >= 4 is 27.0 Å². The minimum atomic E-state index is -3.92. The maximum Gasteiger partial charge on any atom is 0.269 e. The van der Waals surface area contributed by atoms with Crippen LogP contribution in [0.3, 0.4) is 0 Å². The van der Waals surface area contributed by atoms with E-state index in [4.69, 9.17) is 14.0 Å². The molecule has 0 bridgehead atoms. The molecule has 0 radical (unpaired) electrons. The second kappa shape index (κ2) is 8.87. The van der Waals surface area contributed by atoms with Crippen molar-refractivity contribution in [2.45, 2.75) is 18.7 Å². The Bertz CT molecular complexity index is 1410. The maximum atomic E-state index is 13.5. The SMILES string of the molecule is COc1ccc(N(C)S(=O)(=O)c2ccsc2-c2nc(-c3ccc(C)c(C)c3)no2)cc1OC. The van der Waals surface area contributed by atoms with Crippen LogP contribution in [0, 0.1) is 13.8 Å². The average molecular weight is 486 g/mol. The van der Waals surface area contributed by atoms with Gasteiger partial charge in [-0.1, -0.05) is 17.3 Å². The average Bonchev–Trinajstić information content (AvgIpc) is 3.50. The second-order valence-corrected chi connectivity index (χ2v) is 10.2.